The minimum atomic E-state index is -0.658. The Morgan fingerprint density at radius 2 is 1.89 bits per heavy atom. The number of benzene rings is 1. The Labute approximate surface area is 114 Å². The first kappa shape index (κ1) is 13.6. The molecule has 0 amide bonds. The van der Waals surface area contributed by atoms with E-state index in [-0.39, 0.29) is 11.2 Å². The van der Waals surface area contributed by atoms with Crippen molar-refractivity contribution in [1.29, 1.82) is 5.26 Å². The number of hydrogen-bond donors (Lipinski definition) is 0. The highest BCUT2D eigenvalue weighted by molar-refractivity contribution is 5.93. The summed E-state index contributed by atoms with van der Waals surface area (Å²) in [5.74, 6) is 0.145. The fourth-order valence-corrected chi connectivity index (χ4v) is 2.83. The van der Waals surface area contributed by atoms with Crippen LogP contribution in [-0.2, 0) is 4.79 Å². The lowest BCUT2D eigenvalue weighted by Gasteiger charge is -2.24. The van der Waals surface area contributed by atoms with Crippen molar-refractivity contribution in [1.82, 2.24) is 0 Å². The number of ether oxygens (including phenoxy) is 1. The SMILES string of the molecule is COc1ccc(C(C#N)C(=O)C2(C)CCCC2)cc1. The molecule has 1 aromatic carbocycles. The van der Waals surface area contributed by atoms with Gasteiger partial charge in [-0.15, -0.1) is 0 Å². The van der Waals surface area contributed by atoms with Gasteiger partial charge in [0.05, 0.1) is 13.2 Å². The Morgan fingerprint density at radius 3 is 2.37 bits per heavy atom. The molecule has 100 valence electrons. The molecule has 0 radical (unpaired) electrons. The van der Waals surface area contributed by atoms with Gasteiger partial charge in [0.1, 0.15) is 11.7 Å². The van der Waals surface area contributed by atoms with Crippen LogP contribution in [0.2, 0.25) is 0 Å². The number of rotatable bonds is 4. The average molecular weight is 257 g/mol. The van der Waals surface area contributed by atoms with Gasteiger partial charge < -0.3 is 4.74 Å². The predicted molar refractivity (Wildman–Crippen MR) is 72.9 cm³/mol. The molecular formula is C16H19NO2. The summed E-state index contributed by atoms with van der Waals surface area (Å²) >= 11 is 0. The average Bonchev–Trinajstić information content (AvgIpc) is 2.88. The van der Waals surface area contributed by atoms with Crippen LogP contribution in [0, 0.1) is 16.7 Å². The molecule has 0 N–H and O–H groups in total. The number of methoxy groups -OCH3 is 1. The first-order valence-electron chi connectivity index (χ1n) is 6.68. The molecule has 0 aromatic heterocycles. The molecule has 2 rings (SSSR count). The number of carbonyl (C=O) groups is 1. The number of ketones is 1. The van der Waals surface area contributed by atoms with Gasteiger partial charge in [0.25, 0.3) is 0 Å². The van der Waals surface area contributed by atoms with Gasteiger partial charge in [-0.05, 0) is 30.5 Å². The van der Waals surface area contributed by atoms with Crippen molar-refractivity contribution in [3.8, 4) is 11.8 Å². The Bertz CT molecular complexity index is 492. The Hall–Kier alpha value is -1.82. The van der Waals surface area contributed by atoms with Crippen LogP contribution in [0.5, 0.6) is 5.75 Å². The summed E-state index contributed by atoms with van der Waals surface area (Å²) in [5, 5.41) is 9.35. The molecular weight excluding hydrogens is 238 g/mol. The van der Waals surface area contributed by atoms with Crippen LogP contribution in [0.4, 0.5) is 0 Å². The Kier molecular flexibility index (Phi) is 3.90. The van der Waals surface area contributed by atoms with Crippen LogP contribution in [0.25, 0.3) is 0 Å². The molecule has 1 atom stereocenters. The summed E-state index contributed by atoms with van der Waals surface area (Å²) in [6.45, 7) is 2.00. The summed E-state index contributed by atoms with van der Waals surface area (Å²) < 4.78 is 5.09. The molecule has 1 saturated carbocycles. The molecule has 1 fully saturated rings. The van der Waals surface area contributed by atoms with Crippen molar-refractivity contribution in [3.05, 3.63) is 29.8 Å². The fourth-order valence-electron chi connectivity index (χ4n) is 2.83. The molecule has 1 aliphatic carbocycles. The molecule has 3 nitrogen and oxygen atoms in total. The molecule has 3 heteroatoms. The van der Waals surface area contributed by atoms with Crippen molar-refractivity contribution in [2.24, 2.45) is 5.41 Å². The maximum absolute atomic E-state index is 12.6. The van der Waals surface area contributed by atoms with E-state index in [1.807, 2.05) is 19.1 Å². The third kappa shape index (κ3) is 2.63. The number of carbonyl (C=O) groups excluding carboxylic acids is 1. The van der Waals surface area contributed by atoms with E-state index in [0.717, 1.165) is 37.0 Å². The van der Waals surface area contributed by atoms with E-state index in [4.69, 9.17) is 4.74 Å². The molecule has 1 aliphatic rings. The molecule has 1 unspecified atom stereocenters. The number of nitriles is 1. The van der Waals surface area contributed by atoms with E-state index in [9.17, 15) is 10.1 Å². The van der Waals surface area contributed by atoms with E-state index in [1.54, 1.807) is 19.2 Å². The second kappa shape index (κ2) is 5.44. The quantitative estimate of drug-likeness (QED) is 0.830. The highest BCUT2D eigenvalue weighted by atomic mass is 16.5. The van der Waals surface area contributed by atoms with Gasteiger partial charge in [0.15, 0.2) is 5.78 Å². The van der Waals surface area contributed by atoms with Crippen molar-refractivity contribution in [2.45, 2.75) is 38.5 Å². The summed E-state index contributed by atoms with van der Waals surface area (Å²) in [6.07, 6.45) is 3.98. The number of Topliss-reactive ketones (excluding diaryl/α,β-unsaturated/α-hetero) is 1. The largest absolute Gasteiger partial charge is 0.497 e. The highest BCUT2D eigenvalue weighted by Gasteiger charge is 2.40. The van der Waals surface area contributed by atoms with E-state index < -0.39 is 5.92 Å². The Balaban J connectivity index is 2.24. The second-order valence-electron chi connectivity index (χ2n) is 5.47. The number of hydrogen-bond acceptors (Lipinski definition) is 3. The van der Waals surface area contributed by atoms with Crippen LogP contribution < -0.4 is 4.74 Å². The standard InChI is InChI=1S/C16H19NO2/c1-16(9-3-4-10-16)15(18)14(11-17)12-5-7-13(19-2)8-6-12/h5-8,14H,3-4,9-10H2,1-2H3. The lowest BCUT2D eigenvalue weighted by Crippen LogP contribution is -2.29. The van der Waals surface area contributed by atoms with Gasteiger partial charge in [-0.2, -0.15) is 5.26 Å². The zero-order chi connectivity index (χ0) is 13.9. The van der Waals surface area contributed by atoms with Gasteiger partial charge in [-0.1, -0.05) is 31.9 Å². The smallest absolute Gasteiger partial charge is 0.160 e. The minimum Gasteiger partial charge on any atom is -0.497 e. The van der Waals surface area contributed by atoms with Gasteiger partial charge in [-0.25, -0.2) is 0 Å². The lowest BCUT2D eigenvalue weighted by molar-refractivity contribution is -0.128. The van der Waals surface area contributed by atoms with Crippen LogP contribution in [0.3, 0.4) is 0 Å². The summed E-state index contributed by atoms with van der Waals surface area (Å²) in [4.78, 5) is 12.6. The highest BCUT2D eigenvalue weighted by Crippen LogP contribution is 2.42. The zero-order valence-electron chi connectivity index (χ0n) is 11.5. The molecule has 0 bridgehead atoms. The minimum absolute atomic E-state index is 0.0673. The van der Waals surface area contributed by atoms with Crippen LogP contribution in [0.15, 0.2) is 24.3 Å². The zero-order valence-corrected chi connectivity index (χ0v) is 11.5. The van der Waals surface area contributed by atoms with E-state index >= 15 is 0 Å². The monoisotopic (exact) mass is 257 g/mol. The molecule has 19 heavy (non-hydrogen) atoms. The van der Waals surface area contributed by atoms with E-state index in [2.05, 4.69) is 6.07 Å². The molecule has 0 saturated heterocycles. The summed E-state index contributed by atoms with van der Waals surface area (Å²) in [6, 6.07) is 9.38. The Morgan fingerprint density at radius 1 is 1.32 bits per heavy atom. The predicted octanol–water partition coefficient (Wildman–Crippen LogP) is 3.45. The van der Waals surface area contributed by atoms with Crippen molar-refractivity contribution in [2.75, 3.05) is 7.11 Å². The van der Waals surface area contributed by atoms with Crippen molar-refractivity contribution < 1.29 is 9.53 Å². The van der Waals surface area contributed by atoms with Crippen LogP contribution in [-0.4, -0.2) is 12.9 Å². The van der Waals surface area contributed by atoms with Gasteiger partial charge in [0, 0.05) is 5.41 Å². The molecule has 0 spiro atoms. The first-order chi connectivity index (χ1) is 9.10. The van der Waals surface area contributed by atoms with Crippen molar-refractivity contribution in [3.63, 3.8) is 0 Å². The van der Waals surface area contributed by atoms with Crippen molar-refractivity contribution >= 4 is 5.78 Å². The first-order valence-corrected chi connectivity index (χ1v) is 6.68. The summed E-state index contributed by atoms with van der Waals surface area (Å²) in [7, 11) is 1.60. The molecule has 0 aliphatic heterocycles. The summed E-state index contributed by atoms with van der Waals surface area (Å²) in [5.41, 5.74) is 0.446. The normalized spacial score (nSPS) is 18.6. The van der Waals surface area contributed by atoms with E-state index in [1.165, 1.54) is 0 Å². The van der Waals surface area contributed by atoms with Crippen LogP contribution >= 0.6 is 0 Å². The van der Waals surface area contributed by atoms with Crippen LogP contribution in [0.1, 0.15) is 44.1 Å². The molecule has 0 heterocycles. The van der Waals surface area contributed by atoms with Gasteiger partial charge >= 0.3 is 0 Å². The topological polar surface area (TPSA) is 50.1 Å². The van der Waals surface area contributed by atoms with Gasteiger partial charge in [-0.3, -0.25) is 4.79 Å². The maximum Gasteiger partial charge on any atom is 0.160 e. The second-order valence-corrected chi connectivity index (χ2v) is 5.47. The van der Waals surface area contributed by atoms with E-state index in [0.29, 0.717) is 0 Å². The molecule has 1 aromatic rings. The fraction of sp³-hybridized carbons (Fsp3) is 0.500. The maximum atomic E-state index is 12.6. The number of nitrogens with zero attached hydrogens (tertiary/aromatic N) is 1. The lowest BCUT2D eigenvalue weighted by atomic mass is 9.76. The third-order valence-electron chi connectivity index (χ3n) is 4.14. The third-order valence-corrected chi connectivity index (χ3v) is 4.14. The van der Waals surface area contributed by atoms with Gasteiger partial charge in [0.2, 0.25) is 0 Å².